The van der Waals surface area contributed by atoms with E-state index in [9.17, 15) is 13.2 Å². The van der Waals surface area contributed by atoms with Crippen LogP contribution < -0.4 is 9.04 Å². The standard InChI is InChI=1S/C21H28N2O4S/c1-16(2)23(17(3)4)21(24)15-22(18-11-13-19(27-5)14-12-18)28(25,26)20-9-7-6-8-10-20/h6-14,16-17H,15H2,1-5H3. The van der Waals surface area contributed by atoms with Crippen molar-refractivity contribution in [3.8, 4) is 5.75 Å². The van der Waals surface area contributed by atoms with Gasteiger partial charge < -0.3 is 9.64 Å². The van der Waals surface area contributed by atoms with Gasteiger partial charge in [-0.05, 0) is 64.1 Å². The van der Waals surface area contributed by atoms with Crippen molar-refractivity contribution in [1.29, 1.82) is 0 Å². The Balaban J connectivity index is 2.48. The third-order valence-electron chi connectivity index (χ3n) is 4.37. The Labute approximate surface area is 167 Å². The molecule has 1 amide bonds. The van der Waals surface area contributed by atoms with Crippen LogP contribution in [0.25, 0.3) is 0 Å². The van der Waals surface area contributed by atoms with Crippen LogP contribution in [0.4, 0.5) is 5.69 Å². The lowest BCUT2D eigenvalue weighted by molar-refractivity contribution is -0.133. The molecule has 0 heterocycles. The second kappa shape index (κ2) is 9.10. The number of amides is 1. The second-order valence-corrected chi connectivity index (χ2v) is 8.87. The number of hydrogen-bond donors (Lipinski definition) is 0. The molecule has 0 N–H and O–H groups in total. The molecule has 0 unspecified atom stereocenters. The predicted octanol–water partition coefficient (Wildman–Crippen LogP) is 3.54. The second-order valence-electron chi connectivity index (χ2n) is 7.01. The summed E-state index contributed by atoms with van der Waals surface area (Å²) < 4.78 is 32.9. The number of methoxy groups -OCH3 is 1. The summed E-state index contributed by atoms with van der Waals surface area (Å²) >= 11 is 0. The number of anilines is 1. The molecule has 2 aromatic carbocycles. The zero-order valence-corrected chi connectivity index (χ0v) is 17.8. The van der Waals surface area contributed by atoms with Gasteiger partial charge in [-0.3, -0.25) is 9.10 Å². The first-order valence-corrected chi connectivity index (χ1v) is 10.7. The van der Waals surface area contributed by atoms with Crippen molar-refractivity contribution >= 4 is 21.6 Å². The van der Waals surface area contributed by atoms with E-state index in [4.69, 9.17) is 4.74 Å². The van der Waals surface area contributed by atoms with Gasteiger partial charge in [0.1, 0.15) is 12.3 Å². The first kappa shape index (κ1) is 21.8. The molecule has 0 saturated carbocycles. The van der Waals surface area contributed by atoms with Gasteiger partial charge in [0.05, 0.1) is 17.7 Å². The minimum atomic E-state index is -3.91. The number of nitrogens with zero attached hydrogens (tertiary/aromatic N) is 2. The van der Waals surface area contributed by atoms with Crippen LogP contribution in [0.1, 0.15) is 27.7 Å². The molecule has 0 saturated heterocycles. The predicted molar refractivity (Wildman–Crippen MR) is 111 cm³/mol. The first-order chi connectivity index (χ1) is 13.2. The molecule has 152 valence electrons. The molecule has 0 aromatic heterocycles. The Morgan fingerprint density at radius 3 is 1.93 bits per heavy atom. The Kier molecular flexibility index (Phi) is 7.07. The average molecular weight is 405 g/mol. The van der Waals surface area contributed by atoms with Crippen LogP contribution in [0.5, 0.6) is 5.75 Å². The first-order valence-electron chi connectivity index (χ1n) is 9.21. The van der Waals surface area contributed by atoms with Crippen molar-refractivity contribution in [3.63, 3.8) is 0 Å². The van der Waals surface area contributed by atoms with Crippen molar-refractivity contribution in [2.24, 2.45) is 0 Å². The molecule has 2 rings (SSSR count). The van der Waals surface area contributed by atoms with Crippen LogP contribution in [0.15, 0.2) is 59.5 Å². The molecule has 0 spiro atoms. The largest absolute Gasteiger partial charge is 0.497 e. The number of benzene rings is 2. The SMILES string of the molecule is COc1ccc(N(CC(=O)N(C(C)C)C(C)C)S(=O)(=O)c2ccccc2)cc1. The maximum absolute atomic E-state index is 13.3. The fourth-order valence-electron chi connectivity index (χ4n) is 3.16. The number of hydrogen-bond acceptors (Lipinski definition) is 4. The Bertz CT molecular complexity index is 870. The smallest absolute Gasteiger partial charge is 0.264 e. The molecule has 0 aliphatic heterocycles. The highest BCUT2D eigenvalue weighted by atomic mass is 32.2. The van der Waals surface area contributed by atoms with Gasteiger partial charge in [0.2, 0.25) is 5.91 Å². The summed E-state index contributed by atoms with van der Waals surface area (Å²) in [5, 5.41) is 0. The lowest BCUT2D eigenvalue weighted by Crippen LogP contribution is -2.48. The molecule has 6 nitrogen and oxygen atoms in total. The molecular formula is C21H28N2O4S. The highest BCUT2D eigenvalue weighted by molar-refractivity contribution is 7.92. The van der Waals surface area contributed by atoms with Crippen LogP contribution >= 0.6 is 0 Å². The van der Waals surface area contributed by atoms with E-state index in [2.05, 4.69) is 0 Å². The highest BCUT2D eigenvalue weighted by Gasteiger charge is 2.30. The summed E-state index contributed by atoms with van der Waals surface area (Å²) in [6.45, 7) is 7.39. The van der Waals surface area contributed by atoms with E-state index in [1.165, 1.54) is 12.1 Å². The zero-order valence-electron chi connectivity index (χ0n) is 17.0. The van der Waals surface area contributed by atoms with E-state index in [1.807, 2.05) is 27.7 Å². The molecule has 7 heteroatoms. The van der Waals surface area contributed by atoms with E-state index in [-0.39, 0.29) is 29.4 Å². The van der Waals surface area contributed by atoms with E-state index in [1.54, 1.807) is 54.5 Å². The lowest BCUT2D eigenvalue weighted by Gasteiger charge is -2.33. The Hall–Kier alpha value is -2.54. The molecule has 0 aliphatic carbocycles. The van der Waals surface area contributed by atoms with Gasteiger partial charge in [-0.15, -0.1) is 0 Å². The number of carbonyl (C=O) groups is 1. The minimum Gasteiger partial charge on any atom is -0.497 e. The van der Waals surface area contributed by atoms with Gasteiger partial charge >= 0.3 is 0 Å². The summed E-state index contributed by atoms with van der Waals surface area (Å²) in [6, 6.07) is 14.7. The quantitative estimate of drug-likeness (QED) is 0.675. The van der Waals surface area contributed by atoms with Crippen LogP contribution in [0.2, 0.25) is 0 Å². The van der Waals surface area contributed by atoms with Gasteiger partial charge in [-0.1, -0.05) is 18.2 Å². The van der Waals surface area contributed by atoms with Gasteiger partial charge in [0, 0.05) is 12.1 Å². The van der Waals surface area contributed by atoms with Crippen molar-refractivity contribution in [2.45, 2.75) is 44.7 Å². The third-order valence-corrected chi connectivity index (χ3v) is 6.16. The summed E-state index contributed by atoms with van der Waals surface area (Å²) in [5.74, 6) is 0.360. The highest BCUT2D eigenvalue weighted by Crippen LogP contribution is 2.26. The maximum Gasteiger partial charge on any atom is 0.264 e. The molecule has 0 radical (unpaired) electrons. The molecule has 0 fully saturated rings. The van der Waals surface area contributed by atoms with Crippen molar-refractivity contribution < 1.29 is 17.9 Å². The van der Waals surface area contributed by atoms with E-state index in [0.29, 0.717) is 11.4 Å². The summed E-state index contributed by atoms with van der Waals surface area (Å²) in [7, 11) is -2.37. The van der Waals surface area contributed by atoms with Crippen LogP contribution in [0, 0.1) is 0 Å². The topological polar surface area (TPSA) is 66.9 Å². The minimum absolute atomic E-state index is 0.0374. The summed E-state index contributed by atoms with van der Waals surface area (Å²) in [5.41, 5.74) is 0.408. The molecular weight excluding hydrogens is 376 g/mol. The third kappa shape index (κ3) is 4.84. The van der Waals surface area contributed by atoms with Gasteiger partial charge in [-0.25, -0.2) is 8.42 Å². The Morgan fingerprint density at radius 2 is 1.46 bits per heavy atom. The molecule has 0 aliphatic rings. The molecule has 0 bridgehead atoms. The normalized spacial score (nSPS) is 11.5. The van der Waals surface area contributed by atoms with Crippen molar-refractivity contribution in [1.82, 2.24) is 4.90 Å². The zero-order chi connectivity index (χ0) is 20.9. The van der Waals surface area contributed by atoms with Gasteiger partial charge in [0.25, 0.3) is 10.0 Å². The number of ether oxygens (including phenoxy) is 1. The summed E-state index contributed by atoms with van der Waals surface area (Å²) in [6.07, 6.45) is 0. The maximum atomic E-state index is 13.3. The van der Waals surface area contributed by atoms with Gasteiger partial charge in [-0.2, -0.15) is 0 Å². The fraction of sp³-hybridized carbons (Fsp3) is 0.381. The fourth-order valence-corrected chi connectivity index (χ4v) is 4.60. The number of sulfonamides is 1. The average Bonchev–Trinajstić information content (AvgIpc) is 2.66. The van der Waals surface area contributed by atoms with Crippen molar-refractivity contribution in [2.75, 3.05) is 18.0 Å². The van der Waals surface area contributed by atoms with E-state index < -0.39 is 10.0 Å². The number of rotatable bonds is 8. The summed E-state index contributed by atoms with van der Waals surface area (Å²) in [4.78, 5) is 14.8. The lowest BCUT2D eigenvalue weighted by atomic mass is 10.2. The van der Waals surface area contributed by atoms with Crippen LogP contribution in [-0.4, -0.2) is 45.0 Å². The van der Waals surface area contributed by atoms with E-state index in [0.717, 1.165) is 4.31 Å². The van der Waals surface area contributed by atoms with Gasteiger partial charge in [0.15, 0.2) is 0 Å². The van der Waals surface area contributed by atoms with Crippen LogP contribution in [0.3, 0.4) is 0 Å². The van der Waals surface area contributed by atoms with Crippen LogP contribution in [-0.2, 0) is 14.8 Å². The molecule has 28 heavy (non-hydrogen) atoms. The Morgan fingerprint density at radius 1 is 0.929 bits per heavy atom. The monoisotopic (exact) mass is 404 g/mol. The van der Waals surface area contributed by atoms with E-state index >= 15 is 0 Å². The number of carbonyl (C=O) groups excluding carboxylic acids is 1. The molecule has 2 aromatic rings. The molecule has 0 atom stereocenters. The van der Waals surface area contributed by atoms with Crippen molar-refractivity contribution in [3.05, 3.63) is 54.6 Å².